The fourth-order valence-corrected chi connectivity index (χ4v) is 2.50. The zero-order valence-electron chi connectivity index (χ0n) is 11.3. The minimum absolute atomic E-state index is 0.0169. The first-order chi connectivity index (χ1) is 9.19. The Balaban J connectivity index is 2.15. The number of carbonyl (C=O) groups excluding carboxylic acids is 1. The lowest BCUT2D eigenvalue weighted by Crippen LogP contribution is -2.52. The van der Waals surface area contributed by atoms with Crippen molar-refractivity contribution in [2.24, 2.45) is 0 Å². The van der Waals surface area contributed by atoms with Gasteiger partial charge in [0, 0.05) is 13.1 Å². The van der Waals surface area contributed by atoms with Crippen molar-refractivity contribution >= 4 is 6.29 Å². The highest BCUT2D eigenvalue weighted by atomic mass is 16.5. The van der Waals surface area contributed by atoms with Crippen LogP contribution in [0.3, 0.4) is 0 Å². The minimum atomic E-state index is -0.550. The Labute approximate surface area is 114 Å². The Hall–Kier alpha value is -1.23. The van der Waals surface area contributed by atoms with Gasteiger partial charge in [-0.25, -0.2) is 0 Å². The van der Waals surface area contributed by atoms with Gasteiger partial charge in [0.2, 0.25) is 0 Å². The van der Waals surface area contributed by atoms with E-state index < -0.39 is 5.41 Å². The third kappa shape index (κ3) is 3.21. The van der Waals surface area contributed by atoms with Crippen LogP contribution in [0.2, 0.25) is 0 Å². The molecule has 1 aliphatic heterocycles. The van der Waals surface area contributed by atoms with Crippen LogP contribution in [-0.2, 0) is 14.9 Å². The molecule has 1 aromatic carbocycles. The summed E-state index contributed by atoms with van der Waals surface area (Å²) in [5, 5.41) is 9.39. The van der Waals surface area contributed by atoms with Crippen LogP contribution in [-0.4, -0.2) is 55.2 Å². The Morgan fingerprint density at radius 1 is 1.47 bits per heavy atom. The summed E-state index contributed by atoms with van der Waals surface area (Å²) < 4.78 is 5.37. The van der Waals surface area contributed by atoms with Crippen LogP contribution in [0, 0.1) is 0 Å². The number of aliphatic hydroxyl groups excluding tert-OH is 1. The molecule has 1 aromatic rings. The lowest BCUT2D eigenvalue weighted by molar-refractivity contribution is -0.114. The summed E-state index contributed by atoms with van der Waals surface area (Å²) in [6.07, 6.45) is 1.01. The van der Waals surface area contributed by atoms with Crippen molar-refractivity contribution < 1.29 is 14.6 Å². The van der Waals surface area contributed by atoms with Crippen LogP contribution >= 0.6 is 0 Å². The van der Waals surface area contributed by atoms with Crippen molar-refractivity contribution in [1.82, 2.24) is 4.90 Å². The van der Waals surface area contributed by atoms with Crippen molar-refractivity contribution in [3.63, 3.8) is 0 Å². The van der Waals surface area contributed by atoms with E-state index in [4.69, 9.17) is 4.74 Å². The summed E-state index contributed by atoms with van der Waals surface area (Å²) in [5.41, 5.74) is 0.458. The number of nitrogens with zero attached hydrogens (tertiary/aromatic N) is 1. The van der Waals surface area contributed by atoms with Gasteiger partial charge in [-0.2, -0.15) is 0 Å². The Kier molecular flexibility index (Phi) is 4.69. The first-order valence-corrected chi connectivity index (χ1v) is 6.64. The van der Waals surface area contributed by atoms with E-state index >= 15 is 0 Å². The van der Waals surface area contributed by atoms with E-state index in [9.17, 15) is 9.90 Å². The molecule has 2 unspecified atom stereocenters. The standard InChI is InChI=1S/C15H21NO3/c1-15(12-18,13-5-3-2-4-6-13)11-16-7-8-19-10-14(16)9-17/h2-6,12,14,17H,7-11H2,1H3. The zero-order valence-corrected chi connectivity index (χ0v) is 11.3. The highest BCUT2D eigenvalue weighted by Crippen LogP contribution is 2.24. The highest BCUT2D eigenvalue weighted by Gasteiger charge is 2.32. The van der Waals surface area contributed by atoms with Crippen LogP contribution < -0.4 is 0 Å². The second kappa shape index (κ2) is 6.28. The zero-order chi connectivity index (χ0) is 13.7. The molecule has 4 nitrogen and oxygen atoms in total. The molecule has 1 fully saturated rings. The molecule has 0 aliphatic carbocycles. The fourth-order valence-electron chi connectivity index (χ4n) is 2.50. The number of hydrogen-bond donors (Lipinski definition) is 1. The maximum Gasteiger partial charge on any atom is 0.131 e. The summed E-state index contributed by atoms with van der Waals surface area (Å²) in [4.78, 5) is 13.7. The van der Waals surface area contributed by atoms with Crippen molar-refractivity contribution in [3.8, 4) is 0 Å². The molecule has 1 saturated heterocycles. The van der Waals surface area contributed by atoms with Gasteiger partial charge < -0.3 is 14.6 Å². The Morgan fingerprint density at radius 2 is 2.21 bits per heavy atom. The minimum Gasteiger partial charge on any atom is -0.395 e. The molecule has 2 rings (SSSR count). The third-order valence-corrected chi connectivity index (χ3v) is 3.79. The molecule has 1 N–H and O–H groups in total. The predicted octanol–water partition coefficient (Wildman–Crippen LogP) is 0.836. The predicted molar refractivity (Wildman–Crippen MR) is 73.1 cm³/mol. The molecule has 2 atom stereocenters. The lowest BCUT2D eigenvalue weighted by atomic mass is 9.83. The van der Waals surface area contributed by atoms with Crippen molar-refractivity contribution in [2.75, 3.05) is 32.9 Å². The molecule has 0 radical (unpaired) electrons. The lowest BCUT2D eigenvalue weighted by Gasteiger charge is -2.39. The van der Waals surface area contributed by atoms with Gasteiger partial charge in [-0.3, -0.25) is 4.90 Å². The van der Waals surface area contributed by atoms with Gasteiger partial charge >= 0.3 is 0 Å². The number of rotatable bonds is 5. The highest BCUT2D eigenvalue weighted by molar-refractivity contribution is 5.68. The molecule has 0 aromatic heterocycles. The van der Waals surface area contributed by atoms with E-state index in [0.717, 1.165) is 18.4 Å². The number of morpholine rings is 1. The van der Waals surface area contributed by atoms with Crippen LogP contribution in [0.5, 0.6) is 0 Å². The molecule has 0 amide bonds. The second-order valence-corrected chi connectivity index (χ2v) is 5.28. The van der Waals surface area contributed by atoms with E-state index in [2.05, 4.69) is 4.90 Å². The number of benzene rings is 1. The van der Waals surface area contributed by atoms with Crippen molar-refractivity contribution in [3.05, 3.63) is 35.9 Å². The van der Waals surface area contributed by atoms with Gasteiger partial charge in [-0.05, 0) is 12.5 Å². The molecular formula is C15H21NO3. The van der Waals surface area contributed by atoms with E-state index in [-0.39, 0.29) is 12.6 Å². The average molecular weight is 263 g/mol. The number of aliphatic hydroxyl groups is 1. The van der Waals surface area contributed by atoms with Gasteiger partial charge in [0.1, 0.15) is 6.29 Å². The summed E-state index contributed by atoms with van der Waals surface area (Å²) >= 11 is 0. The molecule has 0 saturated carbocycles. The van der Waals surface area contributed by atoms with Gasteiger partial charge in [0.05, 0.1) is 31.3 Å². The molecular weight excluding hydrogens is 242 g/mol. The number of aldehydes is 1. The smallest absolute Gasteiger partial charge is 0.131 e. The number of ether oxygens (including phenoxy) is 1. The quantitative estimate of drug-likeness (QED) is 0.800. The number of carbonyl (C=O) groups is 1. The molecule has 19 heavy (non-hydrogen) atoms. The fraction of sp³-hybridized carbons (Fsp3) is 0.533. The van der Waals surface area contributed by atoms with Crippen molar-refractivity contribution in [2.45, 2.75) is 18.4 Å². The van der Waals surface area contributed by atoms with E-state index in [1.807, 2.05) is 37.3 Å². The average Bonchev–Trinajstić information content (AvgIpc) is 2.48. The number of hydrogen-bond acceptors (Lipinski definition) is 4. The first kappa shape index (κ1) is 14.2. The van der Waals surface area contributed by atoms with E-state index in [1.54, 1.807) is 0 Å². The van der Waals surface area contributed by atoms with Crippen LogP contribution in [0.15, 0.2) is 30.3 Å². The van der Waals surface area contributed by atoms with E-state index in [0.29, 0.717) is 19.8 Å². The maximum absolute atomic E-state index is 11.6. The molecule has 104 valence electrons. The summed E-state index contributed by atoms with van der Waals surface area (Å²) in [5.74, 6) is 0. The molecule has 0 spiro atoms. The molecule has 0 bridgehead atoms. The summed E-state index contributed by atoms with van der Waals surface area (Å²) in [7, 11) is 0. The molecule has 4 heteroatoms. The maximum atomic E-state index is 11.6. The first-order valence-electron chi connectivity index (χ1n) is 6.64. The Morgan fingerprint density at radius 3 is 2.84 bits per heavy atom. The Bertz CT molecular complexity index is 409. The van der Waals surface area contributed by atoms with Crippen LogP contribution in [0.25, 0.3) is 0 Å². The largest absolute Gasteiger partial charge is 0.395 e. The topological polar surface area (TPSA) is 49.8 Å². The third-order valence-electron chi connectivity index (χ3n) is 3.79. The van der Waals surface area contributed by atoms with Crippen molar-refractivity contribution in [1.29, 1.82) is 0 Å². The SMILES string of the molecule is CC(C=O)(CN1CCOCC1CO)c1ccccc1. The molecule has 1 aliphatic rings. The molecule has 1 heterocycles. The summed E-state index contributed by atoms with van der Waals surface area (Å²) in [6, 6.07) is 9.77. The second-order valence-electron chi connectivity index (χ2n) is 5.28. The van der Waals surface area contributed by atoms with Gasteiger partial charge in [-0.15, -0.1) is 0 Å². The van der Waals surface area contributed by atoms with E-state index in [1.165, 1.54) is 0 Å². The van der Waals surface area contributed by atoms with Crippen LogP contribution in [0.1, 0.15) is 12.5 Å². The van der Waals surface area contributed by atoms with Crippen LogP contribution in [0.4, 0.5) is 0 Å². The summed E-state index contributed by atoms with van der Waals surface area (Å²) in [6.45, 7) is 4.54. The van der Waals surface area contributed by atoms with Gasteiger partial charge in [0.15, 0.2) is 0 Å². The van der Waals surface area contributed by atoms with Gasteiger partial charge in [0.25, 0.3) is 0 Å². The van der Waals surface area contributed by atoms with Gasteiger partial charge in [-0.1, -0.05) is 30.3 Å². The normalized spacial score (nSPS) is 23.8. The monoisotopic (exact) mass is 263 g/mol.